The fourth-order valence-electron chi connectivity index (χ4n) is 19.7. The van der Waals surface area contributed by atoms with Crippen molar-refractivity contribution < 1.29 is 35.8 Å². The van der Waals surface area contributed by atoms with E-state index in [-0.39, 0.29) is 98.6 Å². The molecule has 4 saturated heterocycles. The zero-order chi connectivity index (χ0) is 98.5. The molecule has 0 spiro atoms. The second kappa shape index (κ2) is 44.2. The van der Waals surface area contributed by atoms with E-state index in [4.69, 9.17) is 9.97 Å². The second-order valence-electron chi connectivity index (χ2n) is 37.2. The molecule has 17 aromatic rings. The quantitative estimate of drug-likeness (QED) is 0.0317. The van der Waals surface area contributed by atoms with Crippen LogP contribution in [0.2, 0.25) is 0 Å². The molecule has 24 rings (SSSR count). The number of rotatable bonds is 20. The second-order valence-corrected chi connectivity index (χ2v) is 37.2. The molecule has 744 valence electrons. The molecule has 0 amide bonds. The van der Waals surface area contributed by atoms with Gasteiger partial charge in [0.05, 0.1) is 73.4 Å². The number of halogens is 6. The fraction of sp³-hybridized carbons (Fsp3) is 0.406. The van der Waals surface area contributed by atoms with Crippen LogP contribution in [-0.4, -0.2) is 184 Å². The number of fused-ring (bicyclic) bond motifs is 6. The third-order valence-corrected chi connectivity index (χ3v) is 27.2. The summed E-state index contributed by atoms with van der Waals surface area (Å²) >= 11 is 0. The summed E-state index contributed by atoms with van der Waals surface area (Å²) in [5.41, 5.74) is 6.60. The largest absolute Gasteiger partial charge is 0.573 e. The first kappa shape index (κ1) is 97.1. The van der Waals surface area contributed by atoms with Gasteiger partial charge in [-0.05, 0) is 125 Å². The van der Waals surface area contributed by atoms with Crippen LogP contribution in [0.1, 0.15) is 215 Å². The predicted molar refractivity (Wildman–Crippen MR) is 524 cm³/mol. The van der Waals surface area contributed by atoms with Crippen LogP contribution in [0.15, 0.2) is 205 Å². The maximum absolute atomic E-state index is 12.6. The van der Waals surface area contributed by atoms with E-state index in [1.165, 1.54) is 93.7 Å². The third-order valence-electron chi connectivity index (χ3n) is 27.2. The lowest BCUT2D eigenvalue weighted by atomic mass is 9.83. The number of para-hydroxylation sites is 2. The highest BCUT2D eigenvalue weighted by Gasteiger charge is 2.35. The Morgan fingerprint density at radius 3 is 0.804 bits per heavy atom. The van der Waals surface area contributed by atoms with E-state index in [2.05, 4.69) is 111 Å². The Balaban J connectivity index is 0.000000109. The highest BCUT2D eigenvalue weighted by molar-refractivity contribution is 5.77. The van der Waals surface area contributed by atoms with Crippen molar-refractivity contribution in [3.05, 3.63) is 302 Å². The zero-order valence-electron chi connectivity index (χ0n) is 78.5. The average Bonchev–Trinajstić information content (AvgIpc) is 1.65. The van der Waals surface area contributed by atoms with Gasteiger partial charge in [0.2, 0.25) is 0 Å². The lowest BCUT2D eigenvalue weighted by Gasteiger charge is -2.24. The van der Waals surface area contributed by atoms with Gasteiger partial charge in [-0.1, -0.05) is 185 Å². The minimum absolute atomic E-state index is 0.00722. The maximum Gasteiger partial charge on any atom is 0.573 e. The zero-order valence-corrected chi connectivity index (χ0v) is 78.5. The Morgan fingerprint density at radius 1 is 0.273 bits per heavy atom. The number of nitrogens with zero attached hydrogens (tertiary/aromatic N) is 18. The fourth-order valence-corrected chi connectivity index (χ4v) is 19.7. The first-order valence-electron chi connectivity index (χ1n) is 49.0. The van der Waals surface area contributed by atoms with Crippen molar-refractivity contribution >= 4 is 66.2 Å². The number of benzene rings is 5. The summed E-state index contributed by atoms with van der Waals surface area (Å²) < 4.78 is 95.1. The van der Waals surface area contributed by atoms with Gasteiger partial charge in [-0.3, -0.25) is 28.8 Å². The molecule has 3 atom stereocenters. The number of nitrogens with one attached hydrogen (secondary N) is 10. The standard InChI is InChI=1S/C19H19F3N4O2.C18H20N4O.C17H16F3N5O2.C17H19N5O.C16H17N5O.C14H19N5O/c20-19(21,22)28-15-9-5-4-6-12(15)10-16-24-17-14(18(27)25-16)11-23-26(17)13-7-2-1-3-8-13;23-18-15-12-19-22(14-9-5-2-6-10-14)17(15)20-16(21-18)11-13-7-3-1-4-8-13;18-17(19,20)27-13-4-2-1-3-10(13)7-14-23-15-12(16(26)24-14)9-22-25(15)11-5-6-21-8-11;23-17-14-11-19-22(13-6-8-18-9-7-13)16(14)20-15(21-17)10-12-4-2-1-3-5-12;22-16-13-10-18-21(12-6-7-17-9-12)15(13)19-14(20-16)8-11-4-2-1-3-5-11;20-14-11-8-16-19(10-4-5-15-7-10)13(11)17-12(18-14)6-9-2-1-3-9/h4-6,9,11,13H,1-3,7-8,10H2,(H,24,25,27);1,3-4,7-8,12,14H,2,5-6,9-11H2,(H,20,21,23);1-4,9,11,21H,5-8H2,(H,23,24,26);1-5,11,13,18H,6-10H2,(H,20,21,23);1-5,10,12,17H,6-9H2,(H,19,20,22);8-10,15H,1-7H2,(H,17,18,20). The first-order chi connectivity index (χ1) is 69.5. The number of hydrogen-bond acceptors (Lipinski definition) is 24. The molecule has 0 bridgehead atoms. The van der Waals surface area contributed by atoms with E-state index in [0.29, 0.717) is 116 Å². The van der Waals surface area contributed by atoms with Crippen molar-refractivity contribution in [1.29, 1.82) is 0 Å². The van der Waals surface area contributed by atoms with Crippen molar-refractivity contribution in [1.82, 2.24) is 140 Å². The maximum atomic E-state index is 12.6. The van der Waals surface area contributed by atoms with Crippen LogP contribution >= 0.6 is 0 Å². The van der Waals surface area contributed by atoms with E-state index in [0.717, 1.165) is 163 Å². The third kappa shape index (κ3) is 23.7. The monoisotopic (exact) mass is 1960 g/mol. The van der Waals surface area contributed by atoms with Crippen LogP contribution in [0.5, 0.6) is 11.5 Å². The minimum Gasteiger partial charge on any atom is -0.405 e. The lowest BCUT2D eigenvalue weighted by Crippen LogP contribution is -2.30. The Labute approximate surface area is 812 Å². The van der Waals surface area contributed by atoms with Crippen molar-refractivity contribution in [3.63, 3.8) is 0 Å². The molecular formula is C101H110F6N28O8. The summed E-state index contributed by atoms with van der Waals surface area (Å²) in [6.07, 6.45) is 22.8. The molecule has 42 heteroatoms. The van der Waals surface area contributed by atoms with Crippen LogP contribution in [0, 0.1) is 5.92 Å². The molecule has 143 heavy (non-hydrogen) atoms. The highest BCUT2D eigenvalue weighted by atomic mass is 19.4. The molecule has 16 heterocycles. The predicted octanol–water partition coefficient (Wildman–Crippen LogP) is 13.3. The van der Waals surface area contributed by atoms with Crippen molar-refractivity contribution in [2.45, 2.75) is 203 Å². The van der Waals surface area contributed by atoms with Gasteiger partial charge in [0, 0.05) is 69.3 Å². The molecule has 10 N–H and O–H groups in total. The Morgan fingerprint density at radius 2 is 0.524 bits per heavy atom. The van der Waals surface area contributed by atoms with Crippen LogP contribution < -0.4 is 64.1 Å². The lowest BCUT2D eigenvalue weighted by molar-refractivity contribution is -0.275. The summed E-state index contributed by atoms with van der Waals surface area (Å²) in [5, 5.41) is 42.6. The van der Waals surface area contributed by atoms with Gasteiger partial charge < -0.3 is 60.6 Å². The number of aromatic amines is 6. The number of H-pyrrole nitrogens is 6. The van der Waals surface area contributed by atoms with Gasteiger partial charge in [-0.25, -0.2) is 58.0 Å². The Bertz CT molecular complexity index is 7470. The van der Waals surface area contributed by atoms with E-state index in [1.807, 2.05) is 110 Å². The van der Waals surface area contributed by atoms with Gasteiger partial charge in [0.25, 0.3) is 33.4 Å². The van der Waals surface area contributed by atoms with Crippen LogP contribution in [0.4, 0.5) is 26.3 Å². The van der Waals surface area contributed by atoms with E-state index in [1.54, 1.807) is 46.3 Å². The van der Waals surface area contributed by atoms with Gasteiger partial charge in [0.15, 0.2) is 33.9 Å². The summed E-state index contributed by atoms with van der Waals surface area (Å²) in [6, 6.07) is 43.3. The molecule has 12 aromatic heterocycles. The van der Waals surface area contributed by atoms with Crippen LogP contribution in [0.25, 0.3) is 66.2 Å². The molecule has 3 aliphatic carbocycles. The van der Waals surface area contributed by atoms with Gasteiger partial charge >= 0.3 is 12.7 Å². The molecule has 5 aromatic carbocycles. The van der Waals surface area contributed by atoms with Crippen molar-refractivity contribution in [3.8, 4) is 11.5 Å². The Kier molecular flexibility index (Phi) is 30.0. The number of hydrogen-bond donors (Lipinski definition) is 10. The summed E-state index contributed by atoms with van der Waals surface area (Å²) in [7, 11) is 0. The molecule has 3 unspecified atom stereocenters. The van der Waals surface area contributed by atoms with E-state index < -0.39 is 12.7 Å². The van der Waals surface area contributed by atoms with E-state index >= 15 is 0 Å². The van der Waals surface area contributed by atoms with Crippen LogP contribution in [-0.2, 0) is 38.5 Å². The molecule has 7 aliphatic rings. The molecular weight excluding hydrogens is 1850 g/mol. The van der Waals surface area contributed by atoms with Crippen molar-refractivity contribution in [2.24, 2.45) is 5.92 Å². The van der Waals surface area contributed by atoms with E-state index in [9.17, 15) is 55.1 Å². The summed E-state index contributed by atoms with van der Waals surface area (Å²) in [5.74, 6) is 3.47. The van der Waals surface area contributed by atoms with Crippen LogP contribution in [0.3, 0.4) is 0 Å². The smallest absolute Gasteiger partial charge is 0.405 e. The number of piperidine rings is 1. The van der Waals surface area contributed by atoms with Crippen molar-refractivity contribution in [2.75, 3.05) is 52.4 Å². The first-order valence-corrected chi connectivity index (χ1v) is 49.0. The summed E-state index contributed by atoms with van der Waals surface area (Å²) in [4.78, 5) is 118. The molecule has 7 fully saturated rings. The molecule has 4 aliphatic heterocycles. The highest BCUT2D eigenvalue weighted by Crippen LogP contribution is 2.36. The topological polar surface area (TPSA) is 448 Å². The summed E-state index contributed by atoms with van der Waals surface area (Å²) in [6.45, 7) is 7.30. The van der Waals surface area contributed by atoms with Gasteiger partial charge in [-0.15, -0.1) is 26.3 Å². The number of alkyl halides is 6. The molecule has 36 nitrogen and oxygen atoms in total. The number of aromatic nitrogens is 24. The Hall–Kier alpha value is -14.8. The van der Waals surface area contributed by atoms with Gasteiger partial charge in [0.1, 0.15) is 78.8 Å². The minimum atomic E-state index is -4.80. The number of ether oxygens (including phenoxy) is 2. The normalized spacial score (nSPS) is 17.6. The average molecular weight is 1960 g/mol. The molecule has 3 saturated carbocycles. The SMILES string of the molecule is O=c1[nH]c(CC2CCC2)nc2c1cnn2C1CCNC1.O=c1[nH]c(Cc2ccccc2)nc2c1cnn2C1CCCCC1.O=c1[nH]c(Cc2ccccc2)nc2c1cnn2C1CCNC1.O=c1[nH]c(Cc2ccccc2)nc2c1cnn2C1CCNCC1.O=c1[nH]c(Cc2ccccc2OC(F)(F)F)nc2c1cnn2C1CCCCC1.O=c1[nH]c(Cc2ccccc2OC(F)(F)F)nc2c1cnn2C1CCNC1. The van der Waals surface area contributed by atoms with Gasteiger partial charge in [-0.2, -0.15) is 30.6 Å². The molecule has 0 radical (unpaired) electrons.